The van der Waals surface area contributed by atoms with Crippen molar-refractivity contribution in [3.63, 3.8) is 0 Å². The Labute approximate surface area is 101 Å². The number of hydrogen-bond acceptors (Lipinski definition) is 8. The average molecular weight is 278 g/mol. The molecular weight excluding hydrogens is 272 g/mol. The Hall–Kier alpha value is 1.59. The van der Waals surface area contributed by atoms with Crippen molar-refractivity contribution in [1.82, 2.24) is 0 Å². The summed E-state index contributed by atoms with van der Waals surface area (Å²) in [5.74, 6) is 0. The van der Waals surface area contributed by atoms with Crippen LogP contribution in [0.4, 0.5) is 0 Å². The molecule has 8 nitrogen and oxygen atoms in total. The Morgan fingerprint density at radius 1 is 0.727 bits per heavy atom. The maximum atomic E-state index is 8.80. The van der Waals surface area contributed by atoms with Gasteiger partial charge in [0.1, 0.15) is 9.05 Å². The molecule has 0 atom stereocenters. The summed E-state index contributed by atoms with van der Waals surface area (Å²) < 4.78 is 0. The molecule has 0 aliphatic rings. The molecule has 0 radical (unpaired) electrons. The van der Waals surface area contributed by atoms with E-state index in [9.17, 15) is 0 Å². The molecule has 0 spiro atoms. The topological polar surface area (TPSA) is 168 Å². The Bertz CT molecular complexity index is 55.1. The molecule has 0 heterocycles. The van der Waals surface area contributed by atoms with E-state index in [4.69, 9.17) is 38.4 Å². The van der Waals surface area contributed by atoms with Crippen molar-refractivity contribution in [2.24, 2.45) is 0 Å². The van der Waals surface area contributed by atoms with Crippen molar-refractivity contribution in [2.75, 3.05) is 0 Å². The van der Waals surface area contributed by atoms with E-state index in [2.05, 4.69) is 0 Å². The molecule has 0 aromatic carbocycles. The fourth-order valence-electron chi connectivity index (χ4n) is 0. The third kappa shape index (κ3) is 420. The molecule has 0 saturated carbocycles. The first-order valence-electron chi connectivity index (χ1n) is 1.75. The van der Waals surface area contributed by atoms with Crippen molar-refractivity contribution in [3.8, 4) is 0 Å². The van der Waals surface area contributed by atoms with Crippen molar-refractivity contribution >= 4 is 63.6 Å². The van der Waals surface area contributed by atoms with Crippen LogP contribution in [0.5, 0.6) is 0 Å². The zero-order chi connectivity index (χ0) is 9.00. The SMILES string of the molecule is O[Si](O)(O)O.[O-][Si]([O-])(O)O.[Sr+2]. The normalized spacial score (nSPS) is 10.9. The first kappa shape index (κ1) is 18.4. The Kier molecular flexibility index (Phi) is 11.8. The van der Waals surface area contributed by atoms with Gasteiger partial charge in [-0.15, -0.1) is 0 Å². The third-order valence-corrected chi connectivity index (χ3v) is 0. The molecule has 64 valence electrons. The summed E-state index contributed by atoms with van der Waals surface area (Å²) in [6.45, 7) is 0. The smallest absolute Gasteiger partial charge is 0.828 e. The fraction of sp³-hybridized carbons (Fsp3) is 0. The summed E-state index contributed by atoms with van der Waals surface area (Å²) in [5, 5.41) is 0. The zero-order valence-corrected chi connectivity index (χ0v) is 10.7. The van der Waals surface area contributed by atoms with Crippen molar-refractivity contribution < 1.29 is 38.4 Å². The molecule has 11 heavy (non-hydrogen) atoms. The molecule has 0 rings (SSSR count). The second-order valence-corrected chi connectivity index (χ2v) is 3.45. The van der Waals surface area contributed by atoms with Crippen LogP contribution in [0, 0.1) is 0 Å². The van der Waals surface area contributed by atoms with E-state index in [-0.39, 0.29) is 45.5 Å². The first-order valence-corrected chi connectivity index (χ1v) is 5.25. The maximum absolute atomic E-state index is 8.80. The van der Waals surface area contributed by atoms with E-state index in [0.29, 0.717) is 0 Å². The van der Waals surface area contributed by atoms with Gasteiger partial charge >= 0.3 is 54.5 Å². The average Bonchev–Trinajstić information content (AvgIpc) is 1.12. The quantitative estimate of drug-likeness (QED) is 0.237. The maximum Gasteiger partial charge on any atom is 2.00 e. The Morgan fingerprint density at radius 3 is 0.727 bits per heavy atom. The van der Waals surface area contributed by atoms with Gasteiger partial charge in [0, 0.05) is 0 Å². The van der Waals surface area contributed by atoms with Gasteiger partial charge in [0.2, 0.25) is 0 Å². The van der Waals surface area contributed by atoms with Gasteiger partial charge in [0.05, 0.1) is 0 Å². The Balaban J connectivity index is -0.000000107. The molecule has 0 bridgehead atoms. The minimum absolute atomic E-state index is 0. The zero-order valence-electron chi connectivity index (χ0n) is 5.21. The Morgan fingerprint density at radius 2 is 0.727 bits per heavy atom. The summed E-state index contributed by atoms with van der Waals surface area (Å²) in [5.41, 5.74) is 0. The van der Waals surface area contributed by atoms with Crippen LogP contribution in [0.15, 0.2) is 0 Å². The van der Waals surface area contributed by atoms with Crippen molar-refractivity contribution in [1.29, 1.82) is 0 Å². The molecule has 0 aliphatic heterocycles. The summed E-state index contributed by atoms with van der Waals surface area (Å²) in [6.07, 6.45) is 0. The van der Waals surface area contributed by atoms with E-state index in [0.717, 1.165) is 0 Å². The molecule has 0 aliphatic carbocycles. The largest absolute Gasteiger partial charge is 2.00 e. The van der Waals surface area contributed by atoms with Gasteiger partial charge in [-0.2, -0.15) is 0 Å². The molecule has 11 heteroatoms. The number of rotatable bonds is 0. The van der Waals surface area contributed by atoms with Crippen molar-refractivity contribution in [3.05, 3.63) is 0 Å². The molecule has 0 unspecified atom stereocenters. The second kappa shape index (κ2) is 7.04. The molecule has 6 N–H and O–H groups in total. The molecular formula is H6O8Si2Sr. The van der Waals surface area contributed by atoms with Gasteiger partial charge in [-0.1, -0.05) is 0 Å². The van der Waals surface area contributed by atoms with E-state index in [1.54, 1.807) is 0 Å². The van der Waals surface area contributed by atoms with Gasteiger partial charge in [0.15, 0.2) is 0 Å². The summed E-state index contributed by atoms with van der Waals surface area (Å²) in [7, 11) is -9.72. The third-order valence-electron chi connectivity index (χ3n) is 0. The second-order valence-electron chi connectivity index (χ2n) is 1.15. The molecule has 0 aromatic heterocycles. The molecule has 0 fully saturated rings. The predicted molar refractivity (Wildman–Crippen MR) is 30.6 cm³/mol. The van der Waals surface area contributed by atoms with Gasteiger partial charge in [-0.3, -0.25) is 0 Å². The van der Waals surface area contributed by atoms with Gasteiger partial charge in [-0.25, -0.2) is 0 Å². The van der Waals surface area contributed by atoms with Crippen LogP contribution in [-0.2, 0) is 0 Å². The summed E-state index contributed by atoms with van der Waals surface area (Å²) >= 11 is 0. The van der Waals surface area contributed by atoms with E-state index in [1.807, 2.05) is 0 Å². The van der Waals surface area contributed by atoms with Crippen molar-refractivity contribution in [2.45, 2.75) is 0 Å². The molecule has 0 aromatic rings. The van der Waals surface area contributed by atoms with Crippen LogP contribution in [0.2, 0.25) is 0 Å². The van der Waals surface area contributed by atoms with E-state index in [1.165, 1.54) is 0 Å². The van der Waals surface area contributed by atoms with Gasteiger partial charge in [-0.05, 0) is 0 Å². The van der Waals surface area contributed by atoms with Crippen LogP contribution in [-0.4, -0.2) is 92.4 Å². The minimum atomic E-state index is -5.11. The van der Waals surface area contributed by atoms with Gasteiger partial charge in [0.25, 0.3) is 0 Å². The first-order chi connectivity index (χ1) is 4.00. The van der Waals surface area contributed by atoms with Crippen LogP contribution >= 0.6 is 0 Å². The van der Waals surface area contributed by atoms with E-state index < -0.39 is 18.1 Å². The van der Waals surface area contributed by atoms with Crippen LogP contribution in [0.1, 0.15) is 0 Å². The van der Waals surface area contributed by atoms with E-state index >= 15 is 0 Å². The monoisotopic (exact) mass is 278 g/mol. The van der Waals surface area contributed by atoms with Crippen LogP contribution < -0.4 is 9.59 Å². The van der Waals surface area contributed by atoms with Crippen LogP contribution in [0.25, 0.3) is 0 Å². The minimum Gasteiger partial charge on any atom is -0.828 e. The molecule has 0 amide bonds. The predicted octanol–water partition coefficient (Wildman–Crippen LogP) is -6.86. The molecule has 0 saturated heterocycles. The van der Waals surface area contributed by atoms with Crippen LogP contribution in [0.3, 0.4) is 0 Å². The fourth-order valence-corrected chi connectivity index (χ4v) is 0. The summed E-state index contributed by atoms with van der Waals surface area (Å²) in [4.78, 5) is 61.1. The standard InChI is InChI=1S/H4O4Si.H2O4Si.Sr/c2*1-5(2,3)4;/h1-4H;1-2H;/q;-2;+2. The number of hydrogen-bond donors (Lipinski definition) is 6. The van der Waals surface area contributed by atoms with Gasteiger partial charge < -0.3 is 38.4 Å². The summed E-state index contributed by atoms with van der Waals surface area (Å²) in [6, 6.07) is 0.